The Morgan fingerprint density at radius 2 is 1.95 bits per heavy atom. The quantitative estimate of drug-likeness (QED) is 0.886. The van der Waals surface area contributed by atoms with Crippen molar-refractivity contribution in [2.75, 3.05) is 26.2 Å². The summed E-state index contributed by atoms with van der Waals surface area (Å²) in [4.78, 5) is 16.7. The van der Waals surface area contributed by atoms with E-state index in [0.717, 1.165) is 29.7 Å². The maximum absolute atomic E-state index is 12.5. The Labute approximate surface area is 141 Å². The molecule has 2 rings (SSSR count). The van der Waals surface area contributed by atoms with Crippen LogP contribution in [0.1, 0.15) is 26.3 Å². The number of hydrogen-bond donors (Lipinski definition) is 1. The molecule has 1 heterocycles. The van der Waals surface area contributed by atoms with Crippen molar-refractivity contribution in [2.24, 2.45) is 0 Å². The van der Waals surface area contributed by atoms with Crippen molar-refractivity contribution in [2.45, 2.75) is 38.8 Å². The molecule has 1 N–H and O–H groups in total. The van der Waals surface area contributed by atoms with Gasteiger partial charge in [-0.25, -0.2) is 0 Å². The molecule has 1 aromatic carbocycles. The third-order valence-corrected chi connectivity index (χ3v) is 4.44. The zero-order valence-corrected chi connectivity index (χ0v) is 15.1. The summed E-state index contributed by atoms with van der Waals surface area (Å²) in [5, 5.41) is 9.92. The molecular formula is C17H25BrN2O2. The summed E-state index contributed by atoms with van der Waals surface area (Å²) < 4.78 is 1.03. The van der Waals surface area contributed by atoms with E-state index in [1.165, 1.54) is 0 Å². The highest BCUT2D eigenvalue weighted by Gasteiger charge is 2.29. The lowest BCUT2D eigenvalue weighted by molar-refractivity contribution is -0.135. The molecule has 122 valence electrons. The van der Waals surface area contributed by atoms with Gasteiger partial charge in [-0.2, -0.15) is 0 Å². The van der Waals surface area contributed by atoms with Gasteiger partial charge in [-0.05, 0) is 38.5 Å². The van der Waals surface area contributed by atoms with Crippen LogP contribution in [0.2, 0.25) is 0 Å². The van der Waals surface area contributed by atoms with Crippen LogP contribution in [-0.2, 0) is 11.2 Å². The van der Waals surface area contributed by atoms with Gasteiger partial charge >= 0.3 is 0 Å². The van der Waals surface area contributed by atoms with Crippen LogP contribution in [0.15, 0.2) is 28.7 Å². The minimum atomic E-state index is -0.691. The molecule has 5 heteroatoms. The van der Waals surface area contributed by atoms with E-state index in [9.17, 15) is 9.90 Å². The Bertz CT molecular complexity index is 510. The standard InChI is InChI=1S/C17H25BrN2O2/c1-13-11-19(12-17(2,3)22)8-9-20(13)16(21)10-14-4-6-15(18)7-5-14/h4-7,13,22H,8-12H2,1-3H3/t13-/m0/s1. The molecule has 0 aliphatic carbocycles. The number of piperazine rings is 1. The fraction of sp³-hybridized carbons (Fsp3) is 0.588. The Morgan fingerprint density at radius 1 is 1.32 bits per heavy atom. The fourth-order valence-electron chi connectivity index (χ4n) is 2.97. The van der Waals surface area contributed by atoms with Crippen LogP contribution in [0.5, 0.6) is 0 Å². The van der Waals surface area contributed by atoms with Gasteiger partial charge in [0.15, 0.2) is 0 Å². The number of rotatable bonds is 4. The van der Waals surface area contributed by atoms with Gasteiger partial charge in [-0.3, -0.25) is 9.69 Å². The van der Waals surface area contributed by atoms with Gasteiger partial charge < -0.3 is 10.0 Å². The normalized spacial score (nSPS) is 20.2. The lowest BCUT2D eigenvalue weighted by Gasteiger charge is -2.41. The Hall–Kier alpha value is -0.910. The van der Waals surface area contributed by atoms with E-state index in [1.807, 2.05) is 43.0 Å². The average Bonchev–Trinajstić information content (AvgIpc) is 2.39. The molecule has 0 radical (unpaired) electrons. The third-order valence-electron chi connectivity index (χ3n) is 3.91. The lowest BCUT2D eigenvalue weighted by atomic mass is 10.1. The minimum Gasteiger partial charge on any atom is -0.389 e. The molecule has 0 bridgehead atoms. The number of amides is 1. The number of aliphatic hydroxyl groups is 1. The van der Waals surface area contributed by atoms with Crippen LogP contribution in [0, 0.1) is 0 Å². The Balaban J connectivity index is 1.90. The first kappa shape index (κ1) is 17.4. The number of halogens is 1. The summed E-state index contributed by atoms with van der Waals surface area (Å²) >= 11 is 3.41. The van der Waals surface area contributed by atoms with Crippen LogP contribution in [0.4, 0.5) is 0 Å². The molecule has 1 aliphatic rings. The van der Waals surface area contributed by atoms with E-state index in [0.29, 0.717) is 13.0 Å². The second-order valence-electron chi connectivity index (χ2n) is 6.79. The van der Waals surface area contributed by atoms with Crippen LogP contribution < -0.4 is 0 Å². The largest absolute Gasteiger partial charge is 0.389 e. The van der Waals surface area contributed by atoms with Gasteiger partial charge in [0, 0.05) is 36.7 Å². The second kappa shape index (κ2) is 7.11. The van der Waals surface area contributed by atoms with E-state index in [-0.39, 0.29) is 11.9 Å². The molecule has 1 fully saturated rings. The van der Waals surface area contributed by atoms with Crippen molar-refractivity contribution in [1.29, 1.82) is 0 Å². The molecule has 1 aromatic rings. The van der Waals surface area contributed by atoms with E-state index in [4.69, 9.17) is 0 Å². The van der Waals surface area contributed by atoms with Crippen molar-refractivity contribution >= 4 is 21.8 Å². The summed E-state index contributed by atoms with van der Waals surface area (Å²) in [7, 11) is 0. The smallest absolute Gasteiger partial charge is 0.227 e. The van der Waals surface area contributed by atoms with Crippen molar-refractivity contribution in [3.63, 3.8) is 0 Å². The first-order chi connectivity index (χ1) is 10.2. The number of carbonyl (C=O) groups excluding carboxylic acids is 1. The first-order valence-corrected chi connectivity index (χ1v) is 8.52. The average molecular weight is 369 g/mol. The molecule has 0 saturated carbocycles. The SMILES string of the molecule is C[C@H]1CN(CC(C)(C)O)CCN1C(=O)Cc1ccc(Br)cc1. The van der Waals surface area contributed by atoms with Crippen molar-refractivity contribution in [1.82, 2.24) is 9.80 Å². The fourth-order valence-corrected chi connectivity index (χ4v) is 3.24. The predicted octanol–water partition coefficient (Wildman–Crippen LogP) is 2.30. The van der Waals surface area contributed by atoms with E-state index in [2.05, 4.69) is 27.8 Å². The molecular weight excluding hydrogens is 344 g/mol. The monoisotopic (exact) mass is 368 g/mol. The van der Waals surface area contributed by atoms with Crippen LogP contribution in [-0.4, -0.2) is 58.6 Å². The van der Waals surface area contributed by atoms with Crippen molar-refractivity contribution in [3.05, 3.63) is 34.3 Å². The highest BCUT2D eigenvalue weighted by molar-refractivity contribution is 9.10. The second-order valence-corrected chi connectivity index (χ2v) is 7.70. The zero-order valence-electron chi connectivity index (χ0n) is 13.6. The topological polar surface area (TPSA) is 43.8 Å². The summed E-state index contributed by atoms with van der Waals surface area (Å²) in [5.41, 5.74) is 0.350. The maximum atomic E-state index is 12.5. The van der Waals surface area contributed by atoms with E-state index in [1.54, 1.807) is 0 Å². The van der Waals surface area contributed by atoms with Crippen molar-refractivity contribution in [3.8, 4) is 0 Å². The molecule has 0 unspecified atom stereocenters. The summed E-state index contributed by atoms with van der Waals surface area (Å²) in [5.74, 6) is 0.178. The van der Waals surface area contributed by atoms with Gasteiger partial charge in [-0.1, -0.05) is 28.1 Å². The summed E-state index contributed by atoms with van der Waals surface area (Å²) in [6.45, 7) is 8.73. The Kier molecular flexibility index (Phi) is 5.64. The third kappa shape index (κ3) is 5.07. The van der Waals surface area contributed by atoms with Gasteiger partial charge in [0.05, 0.1) is 12.0 Å². The number of benzene rings is 1. The van der Waals surface area contributed by atoms with Crippen LogP contribution in [0.3, 0.4) is 0 Å². The number of β-amino-alcohol motifs (C(OH)–C–C–N with tert-alkyl or cyclic N) is 1. The van der Waals surface area contributed by atoms with Crippen molar-refractivity contribution < 1.29 is 9.90 Å². The lowest BCUT2D eigenvalue weighted by Crippen LogP contribution is -2.56. The summed E-state index contributed by atoms with van der Waals surface area (Å²) in [6.07, 6.45) is 0.448. The minimum absolute atomic E-state index is 0.178. The van der Waals surface area contributed by atoms with Gasteiger partial charge in [0.1, 0.15) is 0 Å². The molecule has 0 spiro atoms. The number of hydrogen-bond acceptors (Lipinski definition) is 3. The molecule has 1 saturated heterocycles. The van der Waals surface area contributed by atoms with Gasteiger partial charge in [0.25, 0.3) is 0 Å². The highest BCUT2D eigenvalue weighted by Crippen LogP contribution is 2.16. The van der Waals surface area contributed by atoms with E-state index >= 15 is 0 Å². The molecule has 0 aromatic heterocycles. The highest BCUT2D eigenvalue weighted by atomic mass is 79.9. The molecule has 1 aliphatic heterocycles. The summed E-state index contributed by atoms with van der Waals surface area (Å²) in [6, 6.07) is 8.08. The molecule has 22 heavy (non-hydrogen) atoms. The molecule has 4 nitrogen and oxygen atoms in total. The maximum Gasteiger partial charge on any atom is 0.227 e. The molecule has 1 atom stereocenters. The Morgan fingerprint density at radius 3 is 2.50 bits per heavy atom. The van der Waals surface area contributed by atoms with Gasteiger partial charge in [-0.15, -0.1) is 0 Å². The van der Waals surface area contributed by atoms with Crippen LogP contribution in [0.25, 0.3) is 0 Å². The predicted molar refractivity (Wildman–Crippen MR) is 91.8 cm³/mol. The number of nitrogens with zero attached hydrogens (tertiary/aromatic N) is 2. The number of carbonyl (C=O) groups is 1. The first-order valence-electron chi connectivity index (χ1n) is 7.73. The van der Waals surface area contributed by atoms with Crippen LogP contribution >= 0.6 is 15.9 Å². The molecule has 1 amide bonds. The van der Waals surface area contributed by atoms with E-state index < -0.39 is 5.60 Å². The van der Waals surface area contributed by atoms with Gasteiger partial charge in [0.2, 0.25) is 5.91 Å². The zero-order chi connectivity index (χ0) is 16.3.